The van der Waals surface area contributed by atoms with Crippen LogP contribution >= 0.6 is 0 Å². The number of methoxy groups -OCH3 is 1. The lowest BCUT2D eigenvalue weighted by Crippen LogP contribution is -2.46. The van der Waals surface area contributed by atoms with E-state index in [1.807, 2.05) is 20.8 Å². The first-order valence-corrected chi connectivity index (χ1v) is 14.9. The van der Waals surface area contributed by atoms with Crippen LogP contribution in [0.25, 0.3) is 0 Å². The molecule has 3 rings (SSSR count). The zero-order valence-corrected chi connectivity index (χ0v) is 25.4. The molecule has 11 heteroatoms. The predicted octanol–water partition coefficient (Wildman–Crippen LogP) is 4.42. The first-order chi connectivity index (χ1) is 20.0. The van der Waals surface area contributed by atoms with Crippen molar-refractivity contribution >= 4 is 23.9 Å². The number of hydrogen-bond donors (Lipinski definition) is 1. The highest BCUT2D eigenvalue weighted by Gasteiger charge is 2.32. The Morgan fingerprint density at radius 3 is 2.48 bits per heavy atom. The summed E-state index contributed by atoms with van der Waals surface area (Å²) in [4.78, 5) is 54.4. The van der Waals surface area contributed by atoms with Gasteiger partial charge in [-0.15, -0.1) is 0 Å². The third-order valence-electron chi connectivity index (χ3n) is 7.70. The molecule has 0 unspecified atom stereocenters. The number of nitrogens with zero attached hydrogens (tertiary/aromatic N) is 2. The quantitative estimate of drug-likeness (QED) is 0.379. The van der Waals surface area contributed by atoms with E-state index in [2.05, 4.69) is 5.32 Å². The first kappa shape index (κ1) is 33.1. The van der Waals surface area contributed by atoms with Gasteiger partial charge < -0.3 is 29.3 Å². The molecule has 0 spiro atoms. The highest BCUT2D eigenvalue weighted by atomic mass is 19.1. The minimum absolute atomic E-state index is 0.0332. The zero-order chi connectivity index (χ0) is 30.7. The van der Waals surface area contributed by atoms with Crippen LogP contribution in [-0.4, -0.2) is 85.8 Å². The number of ether oxygens (including phenoxy) is 3. The van der Waals surface area contributed by atoms with Gasteiger partial charge in [0.2, 0.25) is 11.8 Å². The normalized spacial score (nSPS) is 18.6. The molecule has 2 aliphatic rings. The van der Waals surface area contributed by atoms with Gasteiger partial charge in [-0.05, 0) is 76.5 Å². The van der Waals surface area contributed by atoms with E-state index in [9.17, 15) is 23.6 Å². The molecule has 42 heavy (non-hydrogen) atoms. The van der Waals surface area contributed by atoms with Gasteiger partial charge in [0.25, 0.3) is 0 Å². The second-order valence-corrected chi connectivity index (χ2v) is 12.1. The summed E-state index contributed by atoms with van der Waals surface area (Å²) in [6.45, 7) is 7.02. The van der Waals surface area contributed by atoms with Crippen molar-refractivity contribution in [3.05, 3.63) is 29.8 Å². The Labute approximate surface area is 248 Å². The molecule has 2 fully saturated rings. The van der Waals surface area contributed by atoms with Crippen molar-refractivity contribution in [2.24, 2.45) is 11.8 Å². The van der Waals surface area contributed by atoms with Crippen molar-refractivity contribution in [3.8, 4) is 5.75 Å². The molecule has 3 amide bonds. The van der Waals surface area contributed by atoms with Gasteiger partial charge in [-0.25, -0.2) is 9.18 Å². The van der Waals surface area contributed by atoms with Gasteiger partial charge in [0.1, 0.15) is 24.6 Å². The number of hydrogen-bond acceptors (Lipinski definition) is 7. The summed E-state index contributed by atoms with van der Waals surface area (Å²) in [7, 11) is 1.29. The summed E-state index contributed by atoms with van der Waals surface area (Å²) in [6.07, 6.45) is 3.81. The van der Waals surface area contributed by atoms with E-state index < -0.39 is 30.2 Å². The number of benzene rings is 1. The summed E-state index contributed by atoms with van der Waals surface area (Å²) in [5.74, 6) is -0.269. The number of carbonyl (C=O) groups excluding carboxylic acids is 4. The van der Waals surface area contributed by atoms with Gasteiger partial charge in [0.15, 0.2) is 0 Å². The second kappa shape index (κ2) is 15.7. The first-order valence-electron chi connectivity index (χ1n) is 14.9. The van der Waals surface area contributed by atoms with Crippen LogP contribution in [0.15, 0.2) is 24.3 Å². The molecule has 1 aromatic rings. The van der Waals surface area contributed by atoms with Gasteiger partial charge in [-0.1, -0.05) is 12.1 Å². The number of amides is 3. The fourth-order valence-corrected chi connectivity index (χ4v) is 5.40. The van der Waals surface area contributed by atoms with Crippen LogP contribution in [0.5, 0.6) is 5.75 Å². The fourth-order valence-electron chi connectivity index (χ4n) is 5.40. The third kappa shape index (κ3) is 10.5. The molecule has 0 aromatic heterocycles. The zero-order valence-electron chi connectivity index (χ0n) is 25.4. The molecule has 2 atom stereocenters. The maximum atomic E-state index is 13.3. The predicted molar refractivity (Wildman–Crippen MR) is 154 cm³/mol. The van der Waals surface area contributed by atoms with Crippen LogP contribution in [-0.2, 0) is 23.9 Å². The van der Waals surface area contributed by atoms with Crippen LogP contribution in [0, 0.1) is 11.8 Å². The maximum absolute atomic E-state index is 13.3. The Hall–Kier alpha value is -3.37. The highest BCUT2D eigenvalue weighted by molar-refractivity contribution is 5.82. The van der Waals surface area contributed by atoms with Crippen molar-refractivity contribution in [1.29, 1.82) is 0 Å². The minimum Gasteiger partial charge on any atom is -0.491 e. The highest BCUT2D eigenvalue weighted by Crippen LogP contribution is 2.27. The van der Waals surface area contributed by atoms with Crippen molar-refractivity contribution < 1.29 is 37.8 Å². The Balaban J connectivity index is 1.51. The van der Waals surface area contributed by atoms with E-state index in [4.69, 9.17) is 14.2 Å². The average molecular weight is 592 g/mol. The third-order valence-corrected chi connectivity index (χ3v) is 7.70. The van der Waals surface area contributed by atoms with E-state index in [0.29, 0.717) is 62.7 Å². The number of halogens is 1. The van der Waals surface area contributed by atoms with Crippen LogP contribution in [0.4, 0.5) is 9.18 Å². The number of likely N-dealkylation sites (tertiary alicyclic amines) is 2. The molecule has 10 nitrogen and oxygen atoms in total. The number of piperidine rings is 2. The largest absolute Gasteiger partial charge is 0.491 e. The lowest BCUT2D eigenvalue weighted by molar-refractivity contribution is -0.141. The Kier molecular flexibility index (Phi) is 12.4. The van der Waals surface area contributed by atoms with Gasteiger partial charge in [0.05, 0.1) is 25.5 Å². The average Bonchev–Trinajstić information content (AvgIpc) is 2.97. The van der Waals surface area contributed by atoms with Crippen LogP contribution < -0.4 is 10.1 Å². The molecule has 234 valence electrons. The molecule has 2 heterocycles. The summed E-state index contributed by atoms with van der Waals surface area (Å²) in [6, 6.07) is 6.20. The summed E-state index contributed by atoms with van der Waals surface area (Å²) < 4.78 is 28.2. The van der Waals surface area contributed by atoms with E-state index in [1.54, 1.807) is 34.1 Å². The number of esters is 1. The van der Waals surface area contributed by atoms with E-state index in [1.165, 1.54) is 7.11 Å². The minimum atomic E-state index is -0.656. The Morgan fingerprint density at radius 2 is 1.81 bits per heavy atom. The molecular weight excluding hydrogens is 545 g/mol. The molecule has 1 N–H and O–H groups in total. The van der Waals surface area contributed by atoms with E-state index in [-0.39, 0.29) is 30.9 Å². The number of alkyl halides is 1. The van der Waals surface area contributed by atoms with Crippen LogP contribution in [0.3, 0.4) is 0 Å². The molecule has 0 aliphatic carbocycles. The van der Waals surface area contributed by atoms with Crippen molar-refractivity contribution in [3.63, 3.8) is 0 Å². The topological polar surface area (TPSA) is 114 Å². The summed E-state index contributed by atoms with van der Waals surface area (Å²) in [5, 5.41) is 2.97. The lowest BCUT2D eigenvalue weighted by Gasteiger charge is -2.35. The van der Waals surface area contributed by atoms with Crippen LogP contribution in [0.1, 0.15) is 77.3 Å². The molecule has 1 aromatic carbocycles. The Bertz CT molecular complexity index is 1070. The molecule has 2 saturated heterocycles. The van der Waals surface area contributed by atoms with Gasteiger partial charge in [-0.3, -0.25) is 14.4 Å². The monoisotopic (exact) mass is 591 g/mol. The van der Waals surface area contributed by atoms with Crippen molar-refractivity contribution in [2.45, 2.75) is 77.4 Å². The Morgan fingerprint density at radius 1 is 1.07 bits per heavy atom. The van der Waals surface area contributed by atoms with Crippen molar-refractivity contribution in [2.75, 3.05) is 46.6 Å². The maximum Gasteiger partial charge on any atom is 0.410 e. The molecule has 0 saturated carbocycles. The second-order valence-electron chi connectivity index (χ2n) is 12.1. The smallest absolute Gasteiger partial charge is 0.410 e. The van der Waals surface area contributed by atoms with E-state index >= 15 is 0 Å². The number of nitrogens with one attached hydrogen (secondary N) is 1. The molecule has 0 radical (unpaired) electrons. The summed E-state index contributed by atoms with van der Waals surface area (Å²) in [5.41, 5.74) is 0.120. The van der Waals surface area contributed by atoms with Gasteiger partial charge >= 0.3 is 12.1 Å². The van der Waals surface area contributed by atoms with Gasteiger partial charge in [0, 0.05) is 32.6 Å². The molecular formula is C31H46FN3O7. The molecule has 2 aliphatic heterocycles. The number of carbonyl (C=O) groups is 4. The van der Waals surface area contributed by atoms with Crippen LogP contribution in [0.2, 0.25) is 0 Å². The fraction of sp³-hybridized carbons (Fsp3) is 0.677. The number of rotatable bonds is 11. The van der Waals surface area contributed by atoms with Crippen molar-refractivity contribution in [1.82, 2.24) is 15.1 Å². The van der Waals surface area contributed by atoms with E-state index in [0.717, 1.165) is 19.3 Å². The SMILES string of the molecule is COC(=O)C[C@@H](NC(=O)[C@@H]1CCCN(C(=O)CCC2CCN(C(=O)OC(C)(C)C)CC2)C1)c1cccc(OCCF)c1. The lowest BCUT2D eigenvalue weighted by atomic mass is 9.91. The standard InChI is InChI=1S/C31H46FN3O7/c1-31(2,3)42-30(39)34-16-12-22(13-17-34)10-11-27(36)35-15-6-8-24(21-35)29(38)33-26(20-28(37)40-4)23-7-5-9-25(19-23)41-18-14-32/h5,7,9,19,22,24,26H,6,8,10-18,20-21H2,1-4H3,(H,33,38)/t24-,26-/m1/s1. The summed E-state index contributed by atoms with van der Waals surface area (Å²) >= 11 is 0. The van der Waals surface area contributed by atoms with Gasteiger partial charge in [-0.2, -0.15) is 0 Å². The molecule has 0 bridgehead atoms.